The molecular weight excluding hydrogens is 362 g/mol. The fraction of sp³-hybridized carbons (Fsp3) is 0.143. The normalized spacial score (nSPS) is 15.6. The van der Waals surface area contributed by atoms with Crippen LogP contribution in [0.5, 0.6) is 5.75 Å². The molecular formula is C21H17NO6. The molecule has 7 nitrogen and oxygen atoms in total. The van der Waals surface area contributed by atoms with Gasteiger partial charge in [-0.3, -0.25) is 9.59 Å². The number of fused-ring (bicyclic) bond motifs is 1. The topological polar surface area (TPSA) is 98.0 Å². The van der Waals surface area contributed by atoms with Crippen LogP contribution in [-0.2, 0) is 20.7 Å². The van der Waals surface area contributed by atoms with Crippen LogP contribution in [0.4, 0.5) is 5.69 Å². The molecule has 2 N–H and O–H groups in total. The molecule has 0 radical (unpaired) electrons. The maximum atomic E-state index is 12.6. The van der Waals surface area contributed by atoms with E-state index in [-0.39, 0.29) is 28.4 Å². The van der Waals surface area contributed by atoms with Gasteiger partial charge in [0.25, 0.3) is 0 Å². The number of anilines is 1. The van der Waals surface area contributed by atoms with Crippen LogP contribution in [0.2, 0.25) is 0 Å². The van der Waals surface area contributed by atoms with Crippen LogP contribution in [0.3, 0.4) is 0 Å². The molecule has 7 heteroatoms. The Hall–Kier alpha value is -3.74. The highest BCUT2D eigenvalue weighted by Gasteiger charge is 2.27. The zero-order valence-electron chi connectivity index (χ0n) is 15.0. The molecule has 0 saturated heterocycles. The number of ether oxygens (including phenoxy) is 2. The van der Waals surface area contributed by atoms with Gasteiger partial charge < -0.3 is 24.3 Å². The lowest BCUT2D eigenvalue weighted by Crippen LogP contribution is -2.12. The maximum absolute atomic E-state index is 12.6. The Balaban J connectivity index is 1.61. The molecule has 142 valence electrons. The number of hydrogen-bond donors (Lipinski definition) is 2. The second kappa shape index (κ2) is 7.11. The van der Waals surface area contributed by atoms with E-state index < -0.39 is 17.5 Å². The SMILES string of the molecule is CC(=O)Nc1ccc2oc(C3=COC(Cc4ccccc4)O3)c(O)c(=O)c2c1. The van der Waals surface area contributed by atoms with Gasteiger partial charge in [0.05, 0.1) is 5.39 Å². The number of aromatic hydroxyl groups is 1. The minimum atomic E-state index is -0.625. The zero-order chi connectivity index (χ0) is 19.7. The third-order valence-corrected chi connectivity index (χ3v) is 4.24. The van der Waals surface area contributed by atoms with E-state index >= 15 is 0 Å². The van der Waals surface area contributed by atoms with Crippen molar-refractivity contribution in [3.8, 4) is 5.75 Å². The molecule has 1 aromatic heterocycles. The summed E-state index contributed by atoms with van der Waals surface area (Å²) in [6.07, 6.45) is 1.24. The summed E-state index contributed by atoms with van der Waals surface area (Å²) in [5.41, 5.74) is 1.08. The fourth-order valence-corrected chi connectivity index (χ4v) is 2.97. The van der Waals surface area contributed by atoms with Crippen LogP contribution >= 0.6 is 0 Å². The van der Waals surface area contributed by atoms with Gasteiger partial charge in [-0.15, -0.1) is 0 Å². The first kappa shape index (κ1) is 17.7. The average molecular weight is 379 g/mol. The van der Waals surface area contributed by atoms with Gasteiger partial charge in [0.1, 0.15) is 11.8 Å². The predicted octanol–water partition coefficient (Wildman–Crippen LogP) is 3.37. The molecule has 0 spiro atoms. The van der Waals surface area contributed by atoms with E-state index in [0.29, 0.717) is 12.1 Å². The Bertz CT molecular complexity index is 1130. The smallest absolute Gasteiger partial charge is 0.244 e. The third kappa shape index (κ3) is 3.42. The van der Waals surface area contributed by atoms with Crippen molar-refractivity contribution in [1.29, 1.82) is 0 Å². The number of benzene rings is 2. The molecule has 0 saturated carbocycles. The summed E-state index contributed by atoms with van der Waals surface area (Å²) >= 11 is 0. The van der Waals surface area contributed by atoms with Crippen molar-refractivity contribution in [2.75, 3.05) is 5.32 Å². The first-order valence-electron chi connectivity index (χ1n) is 8.65. The minimum Gasteiger partial charge on any atom is -0.501 e. The van der Waals surface area contributed by atoms with E-state index in [1.165, 1.54) is 19.3 Å². The summed E-state index contributed by atoms with van der Waals surface area (Å²) < 4.78 is 16.9. The Morgan fingerprint density at radius 1 is 1.18 bits per heavy atom. The van der Waals surface area contributed by atoms with Gasteiger partial charge in [-0.25, -0.2) is 0 Å². The zero-order valence-corrected chi connectivity index (χ0v) is 15.0. The Morgan fingerprint density at radius 2 is 1.96 bits per heavy atom. The lowest BCUT2D eigenvalue weighted by atomic mass is 10.1. The number of carbonyl (C=O) groups excluding carboxylic acids is 1. The van der Waals surface area contributed by atoms with Crippen molar-refractivity contribution < 1.29 is 23.8 Å². The molecule has 1 aliphatic rings. The van der Waals surface area contributed by atoms with E-state index in [9.17, 15) is 14.7 Å². The predicted molar refractivity (Wildman–Crippen MR) is 103 cm³/mol. The molecule has 0 fully saturated rings. The lowest BCUT2D eigenvalue weighted by molar-refractivity contribution is -0.114. The van der Waals surface area contributed by atoms with Gasteiger partial charge in [0.2, 0.25) is 34.9 Å². The van der Waals surface area contributed by atoms with E-state index in [0.717, 1.165) is 5.56 Å². The van der Waals surface area contributed by atoms with E-state index in [1.807, 2.05) is 30.3 Å². The number of carbonyl (C=O) groups is 1. The molecule has 1 aliphatic heterocycles. The molecule has 2 aromatic carbocycles. The average Bonchev–Trinajstić information content (AvgIpc) is 3.13. The van der Waals surface area contributed by atoms with Gasteiger partial charge in [0.15, 0.2) is 0 Å². The largest absolute Gasteiger partial charge is 0.501 e. The number of nitrogens with one attached hydrogen (secondary N) is 1. The van der Waals surface area contributed by atoms with Crippen molar-refractivity contribution in [1.82, 2.24) is 0 Å². The van der Waals surface area contributed by atoms with Crippen molar-refractivity contribution in [3.05, 3.63) is 76.3 Å². The molecule has 28 heavy (non-hydrogen) atoms. The van der Waals surface area contributed by atoms with Gasteiger partial charge in [0, 0.05) is 19.0 Å². The molecule has 3 aromatic rings. The highest BCUT2D eigenvalue weighted by Crippen LogP contribution is 2.32. The van der Waals surface area contributed by atoms with Crippen LogP contribution in [0.25, 0.3) is 16.7 Å². The molecule has 0 bridgehead atoms. The molecule has 2 heterocycles. The van der Waals surface area contributed by atoms with Crippen LogP contribution < -0.4 is 10.7 Å². The minimum absolute atomic E-state index is 0.0969. The summed E-state index contributed by atoms with van der Waals surface area (Å²) in [6.45, 7) is 1.36. The van der Waals surface area contributed by atoms with Gasteiger partial charge in [-0.2, -0.15) is 0 Å². The van der Waals surface area contributed by atoms with Gasteiger partial charge in [-0.1, -0.05) is 30.3 Å². The van der Waals surface area contributed by atoms with E-state index in [4.69, 9.17) is 13.9 Å². The van der Waals surface area contributed by atoms with Crippen molar-refractivity contribution in [2.24, 2.45) is 0 Å². The highest BCUT2D eigenvalue weighted by atomic mass is 16.7. The second-order valence-corrected chi connectivity index (χ2v) is 6.36. The second-order valence-electron chi connectivity index (χ2n) is 6.36. The van der Waals surface area contributed by atoms with Crippen molar-refractivity contribution in [3.63, 3.8) is 0 Å². The lowest BCUT2D eigenvalue weighted by Gasteiger charge is -2.12. The first-order chi connectivity index (χ1) is 13.5. The summed E-state index contributed by atoms with van der Waals surface area (Å²) in [6, 6.07) is 14.3. The Kier molecular flexibility index (Phi) is 4.49. The van der Waals surface area contributed by atoms with E-state index in [2.05, 4.69) is 5.32 Å². The third-order valence-electron chi connectivity index (χ3n) is 4.24. The molecule has 1 amide bonds. The molecule has 4 rings (SSSR count). The molecule has 1 atom stereocenters. The van der Waals surface area contributed by atoms with Gasteiger partial charge >= 0.3 is 0 Å². The Labute approximate surface area is 159 Å². The standard InChI is InChI=1S/C21H17NO6/c1-12(23)22-14-7-8-16-15(10-14)19(24)20(25)21(28-16)17-11-26-18(27-17)9-13-5-3-2-4-6-13/h2-8,10-11,18,25H,9H2,1H3,(H,22,23). The number of amides is 1. The van der Waals surface area contributed by atoms with Crippen molar-refractivity contribution >= 4 is 28.3 Å². The molecule has 0 aliphatic carbocycles. The van der Waals surface area contributed by atoms with Crippen LogP contribution in [0.1, 0.15) is 18.2 Å². The van der Waals surface area contributed by atoms with Gasteiger partial charge in [-0.05, 0) is 23.8 Å². The quantitative estimate of drug-likeness (QED) is 0.721. The van der Waals surface area contributed by atoms with Crippen LogP contribution in [-0.4, -0.2) is 17.3 Å². The summed E-state index contributed by atoms with van der Waals surface area (Å²) in [5.74, 6) is -0.804. The number of rotatable bonds is 4. The summed E-state index contributed by atoms with van der Waals surface area (Å²) in [5, 5.41) is 13.1. The van der Waals surface area contributed by atoms with Crippen molar-refractivity contribution in [2.45, 2.75) is 19.6 Å². The Morgan fingerprint density at radius 3 is 2.71 bits per heavy atom. The first-order valence-corrected chi connectivity index (χ1v) is 8.65. The van der Waals surface area contributed by atoms with Crippen LogP contribution in [0, 0.1) is 0 Å². The van der Waals surface area contributed by atoms with Crippen LogP contribution in [0.15, 0.2) is 64.0 Å². The highest BCUT2D eigenvalue weighted by molar-refractivity contribution is 5.92. The monoisotopic (exact) mass is 379 g/mol. The number of hydrogen-bond acceptors (Lipinski definition) is 6. The summed E-state index contributed by atoms with van der Waals surface area (Å²) in [7, 11) is 0. The fourth-order valence-electron chi connectivity index (χ4n) is 2.97. The van der Waals surface area contributed by atoms with E-state index in [1.54, 1.807) is 12.1 Å². The molecule has 1 unspecified atom stereocenters. The summed E-state index contributed by atoms with van der Waals surface area (Å²) in [4.78, 5) is 23.8. The maximum Gasteiger partial charge on any atom is 0.244 e.